The van der Waals surface area contributed by atoms with Crippen molar-refractivity contribution >= 4 is 0 Å². The molecule has 3 heteroatoms. The summed E-state index contributed by atoms with van der Waals surface area (Å²) < 4.78 is 8.59. The van der Waals surface area contributed by atoms with Gasteiger partial charge in [-0.2, -0.15) is 0 Å². The molecular weight excluding hydrogens is 434 g/mol. The van der Waals surface area contributed by atoms with Crippen molar-refractivity contribution in [1.29, 1.82) is 0 Å². The molecule has 30 heavy (non-hydrogen) atoms. The van der Waals surface area contributed by atoms with Gasteiger partial charge in [0.25, 0.3) is 0 Å². The number of pyridine rings is 1. The van der Waals surface area contributed by atoms with E-state index < -0.39 is 0 Å². The number of nitrogens with zero attached hydrogens (tertiary/aromatic N) is 1. The fourth-order valence-electron chi connectivity index (χ4n) is 3.83. The molecule has 0 spiro atoms. The highest BCUT2D eigenvalue weighted by atomic mass is 79.9. The molecule has 2 aromatic rings. The first-order valence-corrected chi connectivity index (χ1v) is 11.9. The number of unbranched alkanes of at least 4 members (excludes halogenated alkanes) is 5. The minimum atomic E-state index is 0. The first kappa shape index (κ1) is 26.7. The van der Waals surface area contributed by atoms with Crippen LogP contribution in [0.4, 0.5) is 0 Å². The molecule has 0 bridgehead atoms. The summed E-state index contributed by atoms with van der Waals surface area (Å²) in [5.41, 5.74) is 5.62. The van der Waals surface area contributed by atoms with Crippen LogP contribution in [-0.2, 0) is 19.4 Å². The van der Waals surface area contributed by atoms with Gasteiger partial charge in [-0.15, -0.1) is 0 Å². The van der Waals surface area contributed by atoms with Crippen LogP contribution in [0.25, 0.3) is 0 Å². The van der Waals surface area contributed by atoms with Crippen LogP contribution in [0.3, 0.4) is 0 Å². The SMILES string of the molecule is CCCCCc1ccc(OCCCC[n+]2cccc(C)c2C)c(CCCCC)c1.[Br-]. The fraction of sp³-hybridized carbons (Fsp3) is 0.593. The molecule has 2 rings (SSSR count). The second kappa shape index (κ2) is 15.5. The van der Waals surface area contributed by atoms with Crippen molar-refractivity contribution in [2.75, 3.05) is 6.61 Å². The Balaban J connectivity index is 0.00000450. The van der Waals surface area contributed by atoms with Crippen LogP contribution in [-0.4, -0.2) is 6.61 Å². The molecule has 0 aliphatic rings. The van der Waals surface area contributed by atoms with E-state index >= 15 is 0 Å². The van der Waals surface area contributed by atoms with Crippen molar-refractivity contribution in [2.45, 2.75) is 98.4 Å². The Morgan fingerprint density at radius 3 is 2.30 bits per heavy atom. The second-order valence-corrected chi connectivity index (χ2v) is 8.38. The predicted octanol–water partition coefficient (Wildman–Crippen LogP) is 3.92. The molecule has 0 amide bonds. The van der Waals surface area contributed by atoms with E-state index in [1.165, 1.54) is 67.3 Å². The van der Waals surface area contributed by atoms with E-state index in [1.54, 1.807) is 0 Å². The maximum atomic E-state index is 6.23. The standard InChI is InChI=1S/C27H42NO.BrH/c1-5-7-9-15-25-17-18-27(26(22-25)16-10-8-6-2)29-21-12-11-19-28-20-13-14-23(3)24(28)4;/h13-14,17-18,20,22H,5-12,15-16,19,21H2,1-4H3;1H/q+1;/p-1. The Hall–Kier alpha value is -1.35. The predicted molar refractivity (Wildman–Crippen MR) is 124 cm³/mol. The Kier molecular flexibility index (Phi) is 13.7. The average molecular weight is 477 g/mol. The van der Waals surface area contributed by atoms with E-state index in [4.69, 9.17) is 4.74 Å². The topological polar surface area (TPSA) is 13.1 Å². The van der Waals surface area contributed by atoms with Crippen LogP contribution in [0.2, 0.25) is 0 Å². The van der Waals surface area contributed by atoms with Gasteiger partial charge in [-0.1, -0.05) is 51.7 Å². The van der Waals surface area contributed by atoms with Gasteiger partial charge in [0, 0.05) is 25.0 Å². The van der Waals surface area contributed by atoms with E-state index in [1.807, 2.05) is 0 Å². The maximum absolute atomic E-state index is 6.23. The lowest BCUT2D eigenvalue weighted by atomic mass is 10.00. The number of hydrogen-bond donors (Lipinski definition) is 0. The van der Waals surface area contributed by atoms with E-state index in [9.17, 15) is 0 Å². The van der Waals surface area contributed by atoms with Crippen molar-refractivity contribution in [3.8, 4) is 5.75 Å². The van der Waals surface area contributed by atoms with Crippen LogP contribution in [0.15, 0.2) is 36.5 Å². The molecule has 1 aromatic carbocycles. The van der Waals surface area contributed by atoms with E-state index in [0.29, 0.717) is 0 Å². The van der Waals surface area contributed by atoms with Crippen molar-refractivity contribution in [1.82, 2.24) is 0 Å². The highest BCUT2D eigenvalue weighted by molar-refractivity contribution is 5.37. The van der Waals surface area contributed by atoms with Crippen molar-refractivity contribution in [3.63, 3.8) is 0 Å². The number of hydrogen-bond acceptors (Lipinski definition) is 1. The summed E-state index contributed by atoms with van der Waals surface area (Å²) >= 11 is 0. The van der Waals surface area contributed by atoms with Crippen LogP contribution in [0.5, 0.6) is 5.75 Å². The van der Waals surface area contributed by atoms with Gasteiger partial charge in [-0.05, 0) is 62.3 Å². The molecule has 0 N–H and O–H groups in total. The largest absolute Gasteiger partial charge is 1.00 e. The highest BCUT2D eigenvalue weighted by Crippen LogP contribution is 2.24. The molecule has 0 aliphatic heterocycles. The summed E-state index contributed by atoms with van der Waals surface area (Å²) in [4.78, 5) is 0. The lowest BCUT2D eigenvalue weighted by molar-refractivity contribution is -0.703. The Labute approximate surface area is 195 Å². The zero-order chi connectivity index (χ0) is 20.9. The quantitative estimate of drug-likeness (QED) is 0.298. The monoisotopic (exact) mass is 475 g/mol. The van der Waals surface area contributed by atoms with Gasteiger partial charge < -0.3 is 21.7 Å². The Morgan fingerprint density at radius 2 is 1.57 bits per heavy atom. The molecule has 1 aromatic heterocycles. The average Bonchev–Trinajstić information content (AvgIpc) is 2.72. The van der Waals surface area contributed by atoms with E-state index in [2.05, 4.69) is 68.8 Å². The number of halogens is 1. The highest BCUT2D eigenvalue weighted by Gasteiger charge is 2.09. The Morgan fingerprint density at radius 1 is 0.833 bits per heavy atom. The number of rotatable bonds is 14. The minimum Gasteiger partial charge on any atom is -1.00 e. The smallest absolute Gasteiger partial charge is 0.181 e. The molecule has 0 saturated heterocycles. The molecule has 0 unspecified atom stereocenters. The molecule has 0 aliphatic carbocycles. The van der Waals surface area contributed by atoms with Gasteiger partial charge in [0.05, 0.1) is 6.61 Å². The van der Waals surface area contributed by atoms with Gasteiger partial charge in [0.1, 0.15) is 12.3 Å². The number of benzene rings is 1. The van der Waals surface area contributed by atoms with Crippen LogP contribution >= 0.6 is 0 Å². The molecule has 0 fully saturated rings. The molecule has 0 atom stereocenters. The molecule has 0 radical (unpaired) electrons. The third-order valence-electron chi connectivity index (χ3n) is 5.91. The summed E-state index contributed by atoms with van der Waals surface area (Å²) in [7, 11) is 0. The lowest BCUT2D eigenvalue weighted by Crippen LogP contribution is -3.00. The summed E-state index contributed by atoms with van der Waals surface area (Å²) in [6.07, 6.45) is 14.5. The van der Waals surface area contributed by atoms with Crippen molar-refractivity contribution in [2.24, 2.45) is 0 Å². The van der Waals surface area contributed by atoms with Gasteiger partial charge in [0.2, 0.25) is 0 Å². The van der Waals surface area contributed by atoms with Crippen LogP contribution in [0.1, 0.15) is 87.6 Å². The number of ether oxygens (including phenoxy) is 1. The fourth-order valence-corrected chi connectivity index (χ4v) is 3.83. The van der Waals surface area contributed by atoms with Gasteiger partial charge >= 0.3 is 0 Å². The zero-order valence-electron chi connectivity index (χ0n) is 19.7. The third-order valence-corrected chi connectivity index (χ3v) is 5.91. The first-order valence-electron chi connectivity index (χ1n) is 11.9. The van der Waals surface area contributed by atoms with Gasteiger partial charge in [-0.3, -0.25) is 0 Å². The Bertz CT molecular complexity index is 729. The first-order chi connectivity index (χ1) is 14.2. The van der Waals surface area contributed by atoms with Crippen LogP contribution in [0, 0.1) is 13.8 Å². The molecular formula is C27H42BrNO. The van der Waals surface area contributed by atoms with Crippen LogP contribution < -0.4 is 26.3 Å². The zero-order valence-corrected chi connectivity index (χ0v) is 21.3. The number of aryl methyl sites for hydroxylation is 4. The summed E-state index contributed by atoms with van der Waals surface area (Å²) in [5, 5.41) is 0. The third kappa shape index (κ3) is 9.20. The normalized spacial score (nSPS) is 10.7. The summed E-state index contributed by atoms with van der Waals surface area (Å²) in [5.74, 6) is 1.11. The van der Waals surface area contributed by atoms with Gasteiger partial charge in [-0.25, -0.2) is 4.57 Å². The van der Waals surface area contributed by atoms with Crippen molar-refractivity contribution < 1.29 is 26.3 Å². The van der Waals surface area contributed by atoms with Gasteiger partial charge in [0.15, 0.2) is 11.9 Å². The lowest BCUT2D eigenvalue weighted by Gasteiger charge is -2.13. The molecule has 1 heterocycles. The van der Waals surface area contributed by atoms with E-state index in [0.717, 1.165) is 38.2 Å². The molecule has 168 valence electrons. The molecule has 2 nitrogen and oxygen atoms in total. The van der Waals surface area contributed by atoms with Crippen molar-refractivity contribution in [3.05, 3.63) is 58.9 Å². The summed E-state index contributed by atoms with van der Waals surface area (Å²) in [6, 6.07) is 11.2. The molecule has 0 saturated carbocycles. The second-order valence-electron chi connectivity index (χ2n) is 8.38. The van der Waals surface area contributed by atoms with E-state index in [-0.39, 0.29) is 17.0 Å². The minimum absolute atomic E-state index is 0. The number of aromatic nitrogens is 1. The summed E-state index contributed by atoms with van der Waals surface area (Å²) in [6.45, 7) is 10.8. The maximum Gasteiger partial charge on any atom is 0.181 e.